The van der Waals surface area contributed by atoms with Gasteiger partial charge in [-0.15, -0.1) is 5.73 Å². The van der Waals surface area contributed by atoms with Gasteiger partial charge in [0.25, 0.3) is 0 Å². The number of unbranched alkanes of at least 4 members (excludes halogenated alkanes) is 2. The zero-order chi connectivity index (χ0) is 13.8. The average Bonchev–Trinajstić information content (AvgIpc) is 2.47. The van der Waals surface area contributed by atoms with Gasteiger partial charge in [0.15, 0.2) is 0 Å². The number of allylic oxidation sites excluding steroid dienone is 1. The van der Waals surface area contributed by atoms with Crippen LogP contribution in [0.4, 0.5) is 0 Å². The lowest BCUT2D eigenvalue weighted by atomic mass is 9.69. The Hall–Kier alpha value is -0.495. The van der Waals surface area contributed by atoms with Gasteiger partial charge in [-0.3, -0.25) is 0 Å². The molecule has 1 fully saturated rings. The van der Waals surface area contributed by atoms with Crippen LogP contribution in [0.15, 0.2) is 18.4 Å². The molecule has 0 radical (unpaired) electrons. The second-order valence-electron chi connectivity index (χ2n) is 6.16. The topological polar surface area (TPSA) is 18.5 Å². The lowest BCUT2D eigenvalue weighted by Gasteiger charge is -2.32. The fourth-order valence-corrected chi connectivity index (χ4v) is 2.14. The molecule has 1 heterocycles. The van der Waals surface area contributed by atoms with E-state index >= 15 is 0 Å². The second kappa shape index (κ2) is 6.10. The summed E-state index contributed by atoms with van der Waals surface area (Å²) in [6.45, 7) is 14.3. The molecule has 2 nitrogen and oxygen atoms in total. The van der Waals surface area contributed by atoms with Gasteiger partial charge < -0.3 is 9.31 Å². The molecular weight excluding hydrogens is 223 g/mol. The van der Waals surface area contributed by atoms with Gasteiger partial charge in [-0.25, -0.2) is 0 Å². The van der Waals surface area contributed by atoms with Crippen LogP contribution in [0.5, 0.6) is 0 Å². The SMILES string of the molecule is C=C=CC(CCCCC)B1OC(C)(C)C(C)(C)O1. The molecule has 0 aromatic heterocycles. The minimum Gasteiger partial charge on any atom is -0.403 e. The van der Waals surface area contributed by atoms with Crippen LogP contribution in [-0.4, -0.2) is 18.3 Å². The first-order valence-corrected chi connectivity index (χ1v) is 7.05. The number of hydrogen-bond acceptors (Lipinski definition) is 2. The molecule has 1 unspecified atom stereocenters. The van der Waals surface area contributed by atoms with Crippen molar-refractivity contribution < 1.29 is 9.31 Å². The van der Waals surface area contributed by atoms with E-state index in [-0.39, 0.29) is 24.1 Å². The van der Waals surface area contributed by atoms with Gasteiger partial charge in [-0.05, 0) is 40.2 Å². The predicted octanol–water partition coefficient (Wildman–Crippen LogP) is 4.37. The Morgan fingerprint density at radius 1 is 1.17 bits per heavy atom. The molecule has 0 amide bonds. The largest absolute Gasteiger partial charge is 0.465 e. The van der Waals surface area contributed by atoms with Gasteiger partial charge in [-0.1, -0.05) is 32.8 Å². The lowest BCUT2D eigenvalue weighted by Crippen LogP contribution is -2.41. The van der Waals surface area contributed by atoms with Crippen molar-refractivity contribution in [3.05, 3.63) is 18.4 Å². The van der Waals surface area contributed by atoms with E-state index in [0.29, 0.717) is 0 Å². The van der Waals surface area contributed by atoms with E-state index in [1.165, 1.54) is 19.3 Å². The maximum Gasteiger partial charge on any atom is 0.465 e. The first-order valence-electron chi connectivity index (χ1n) is 7.05. The Kier molecular flexibility index (Phi) is 5.27. The summed E-state index contributed by atoms with van der Waals surface area (Å²) < 4.78 is 12.2. The van der Waals surface area contributed by atoms with E-state index in [0.717, 1.165) is 6.42 Å². The van der Waals surface area contributed by atoms with Gasteiger partial charge in [0.2, 0.25) is 0 Å². The van der Waals surface area contributed by atoms with Crippen molar-refractivity contribution in [1.29, 1.82) is 0 Å². The average molecular weight is 250 g/mol. The fourth-order valence-electron chi connectivity index (χ4n) is 2.14. The van der Waals surface area contributed by atoms with E-state index < -0.39 is 0 Å². The fraction of sp³-hybridized carbons (Fsp3) is 0.800. The molecule has 0 aromatic carbocycles. The summed E-state index contributed by atoms with van der Waals surface area (Å²) in [5.74, 6) is 0.259. The molecule has 0 bridgehead atoms. The quantitative estimate of drug-likeness (QED) is 0.396. The van der Waals surface area contributed by atoms with Gasteiger partial charge in [0.1, 0.15) is 0 Å². The minimum absolute atomic E-state index is 0.166. The van der Waals surface area contributed by atoms with E-state index in [1.54, 1.807) is 0 Å². The van der Waals surface area contributed by atoms with Crippen molar-refractivity contribution in [2.24, 2.45) is 0 Å². The van der Waals surface area contributed by atoms with E-state index in [1.807, 2.05) is 6.08 Å². The maximum atomic E-state index is 6.09. The molecule has 1 aliphatic heterocycles. The standard InChI is InChI=1S/C15H27BO2/c1-7-9-10-12-13(11-8-2)16-17-14(3,4)15(5,6)18-16/h11,13H,2,7,9-10,12H2,1,3-6H3. The van der Waals surface area contributed by atoms with Crippen LogP contribution in [0.2, 0.25) is 5.82 Å². The number of rotatable bonds is 6. The molecule has 0 aromatic rings. The zero-order valence-electron chi connectivity index (χ0n) is 12.6. The highest BCUT2D eigenvalue weighted by atomic mass is 16.7. The van der Waals surface area contributed by atoms with Gasteiger partial charge >= 0.3 is 7.12 Å². The van der Waals surface area contributed by atoms with Crippen molar-refractivity contribution in [3.8, 4) is 0 Å². The van der Waals surface area contributed by atoms with Gasteiger partial charge in [0, 0.05) is 5.82 Å². The predicted molar refractivity (Wildman–Crippen MR) is 77.7 cm³/mol. The van der Waals surface area contributed by atoms with Crippen LogP contribution in [0, 0.1) is 0 Å². The summed E-state index contributed by atoms with van der Waals surface area (Å²) in [6.07, 6.45) is 6.75. The Labute approximate surface area is 113 Å². The first kappa shape index (κ1) is 15.6. The van der Waals surface area contributed by atoms with E-state index in [2.05, 4.69) is 46.9 Å². The van der Waals surface area contributed by atoms with Crippen LogP contribution >= 0.6 is 0 Å². The van der Waals surface area contributed by atoms with Crippen molar-refractivity contribution in [1.82, 2.24) is 0 Å². The van der Waals surface area contributed by atoms with Crippen LogP contribution in [0.3, 0.4) is 0 Å². The first-order chi connectivity index (χ1) is 8.34. The zero-order valence-corrected chi connectivity index (χ0v) is 12.6. The van der Waals surface area contributed by atoms with Crippen molar-refractivity contribution >= 4 is 7.12 Å². The molecule has 1 saturated heterocycles. The van der Waals surface area contributed by atoms with E-state index in [4.69, 9.17) is 9.31 Å². The Balaban J connectivity index is 2.68. The van der Waals surface area contributed by atoms with Crippen molar-refractivity contribution in [2.45, 2.75) is 77.3 Å². The Bertz CT molecular complexity index is 300. The molecule has 0 spiro atoms. The van der Waals surface area contributed by atoms with Crippen LogP contribution in [-0.2, 0) is 9.31 Å². The molecule has 0 saturated carbocycles. The Morgan fingerprint density at radius 2 is 1.72 bits per heavy atom. The molecule has 0 N–H and O–H groups in total. The maximum absolute atomic E-state index is 6.09. The molecule has 1 rings (SSSR count). The summed E-state index contributed by atoms with van der Waals surface area (Å²) in [4.78, 5) is 0. The van der Waals surface area contributed by atoms with Gasteiger partial charge in [0.05, 0.1) is 11.2 Å². The highest BCUT2D eigenvalue weighted by molar-refractivity contribution is 6.48. The smallest absolute Gasteiger partial charge is 0.403 e. The van der Waals surface area contributed by atoms with Crippen molar-refractivity contribution in [3.63, 3.8) is 0 Å². The van der Waals surface area contributed by atoms with Gasteiger partial charge in [-0.2, -0.15) is 0 Å². The third-order valence-corrected chi connectivity index (χ3v) is 4.09. The third-order valence-electron chi connectivity index (χ3n) is 4.09. The summed E-state index contributed by atoms with van der Waals surface area (Å²) in [7, 11) is -0.166. The third kappa shape index (κ3) is 3.51. The van der Waals surface area contributed by atoms with Crippen LogP contribution in [0.1, 0.15) is 60.3 Å². The van der Waals surface area contributed by atoms with Crippen LogP contribution in [0.25, 0.3) is 0 Å². The normalized spacial score (nSPS) is 22.6. The molecule has 0 aliphatic carbocycles. The molecule has 102 valence electrons. The molecular formula is C15H27BO2. The molecule has 1 aliphatic rings. The highest BCUT2D eigenvalue weighted by Gasteiger charge is 2.53. The van der Waals surface area contributed by atoms with E-state index in [9.17, 15) is 0 Å². The summed E-state index contributed by atoms with van der Waals surface area (Å²) >= 11 is 0. The van der Waals surface area contributed by atoms with Crippen molar-refractivity contribution in [2.75, 3.05) is 0 Å². The summed E-state index contributed by atoms with van der Waals surface area (Å²) in [6, 6.07) is 0. The molecule has 1 atom stereocenters. The minimum atomic E-state index is -0.254. The number of hydrogen-bond donors (Lipinski definition) is 0. The monoisotopic (exact) mass is 250 g/mol. The van der Waals surface area contributed by atoms with Crippen LogP contribution < -0.4 is 0 Å². The molecule has 18 heavy (non-hydrogen) atoms. The summed E-state index contributed by atoms with van der Waals surface area (Å²) in [5, 5.41) is 0. The second-order valence-corrected chi connectivity index (χ2v) is 6.16. The lowest BCUT2D eigenvalue weighted by molar-refractivity contribution is 0.00578. The Morgan fingerprint density at radius 3 is 2.17 bits per heavy atom. The highest BCUT2D eigenvalue weighted by Crippen LogP contribution is 2.41. The summed E-state index contributed by atoms with van der Waals surface area (Å²) in [5.41, 5.74) is 2.38. The molecule has 3 heteroatoms.